The van der Waals surface area contributed by atoms with Crippen LogP contribution in [0.3, 0.4) is 0 Å². The van der Waals surface area contributed by atoms with Gasteiger partial charge in [0, 0.05) is 13.1 Å². The Balaban J connectivity index is 2.34. The molecular formula is C12H13FN2O2S. The average molecular weight is 268 g/mol. The van der Waals surface area contributed by atoms with E-state index in [4.69, 9.17) is 5.11 Å². The van der Waals surface area contributed by atoms with Gasteiger partial charge in [-0.25, -0.2) is 9.18 Å². The predicted molar refractivity (Wildman–Crippen MR) is 71.2 cm³/mol. The van der Waals surface area contributed by atoms with E-state index in [2.05, 4.69) is 10.6 Å². The van der Waals surface area contributed by atoms with Crippen molar-refractivity contribution in [1.82, 2.24) is 5.32 Å². The van der Waals surface area contributed by atoms with Gasteiger partial charge in [-0.15, -0.1) is 11.3 Å². The second-order valence-corrected chi connectivity index (χ2v) is 4.84. The molecule has 3 N–H and O–H groups in total. The van der Waals surface area contributed by atoms with Crippen molar-refractivity contribution >= 4 is 33.1 Å². The van der Waals surface area contributed by atoms with Crippen LogP contribution in [0.5, 0.6) is 0 Å². The molecule has 0 radical (unpaired) electrons. The van der Waals surface area contributed by atoms with E-state index in [-0.39, 0.29) is 10.7 Å². The van der Waals surface area contributed by atoms with Crippen molar-refractivity contribution in [2.45, 2.75) is 0 Å². The van der Waals surface area contributed by atoms with Crippen LogP contribution < -0.4 is 10.6 Å². The molecule has 1 aromatic carbocycles. The summed E-state index contributed by atoms with van der Waals surface area (Å²) in [5.74, 6) is -1.42. The van der Waals surface area contributed by atoms with E-state index in [1.54, 1.807) is 12.1 Å². The molecular weight excluding hydrogens is 255 g/mol. The second-order valence-electron chi connectivity index (χ2n) is 3.79. The van der Waals surface area contributed by atoms with Gasteiger partial charge in [-0.1, -0.05) is 6.07 Å². The molecule has 0 aliphatic rings. The Kier molecular flexibility index (Phi) is 3.78. The number of hydrogen-bond acceptors (Lipinski definition) is 4. The Bertz CT molecular complexity index is 583. The van der Waals surface area contributed by atoms with E-state index in [9.17, 15) is 9.18 Å². The van der Waals surface area contributed by atoms with Gasteiger partial charge in [0.15, 0.2) is 5.82 Å². The first-order valence-electron chi connectivity index (χ1n) is 5.47. The minimum atomic E-state index is -1.03. The summed E-state index contributed by atoms with van der Waals surface area (Å²) in [6.45, 7) is 1.33. The van der Waals surface area contributed by atoms with Crippen molar-refractivity contribution in [2.75, 3.05) is 25.5 Å². The maximum Gasteiger partial charge on any atom is 0.345 e. The number of hydrogen-bond donors (Lipinski definition) is 3. The number of nitrogens with one attached hydrogen (secondary N) is 2. The van der Waals surface area contributed by atoms with Crippen LogP contribution in [0.4, 0.5) is 10.1 Å². The quantitative estimate of drug-likeness (QED) is 0.729. The summed E-state index contributed by atoms with van der Waals surface area (Å²) in [5, 5.41) is 15.4. The summed E-state index contributed by atoms with van der Waals surface area (Å²) in [4.78, 5) is 11.0. The number of carboxylic acids is 1. The fourth-order valence-corrected chi connectivity index (χ4v) is 2.57. The normalized spacial score (nSPS) is 10.8. The Hall–Kier alpha value is -1.66. The number of thiophene rings is 1. The molecule has 6 heteroatoms. The molecule has 0 unspecified atom stereocenters. The fourth-order valence-electron chi connectivity index (χ4n) is 1.63. The number of carbonyl (C=O) groups is 1. The van der Waals surface area contributed by atoms with Crippen LogP contribution >= 0.6 is 11.3 Å². The molecule has 0 saturated heterocycles. The molecule has 4 nitrogen and oxygen atoms in total. The highest BCUT2D eigenvalue weighted by Gasteiger charge is 2.13. The largest absolute Gasteiger partial charge is 0.477 e. The zero-order valence-corrected chi connectivity index (χ0v) is 10.6. The van der Waals surface area contributed by atoms with Gasteiger partial charge in [-0.3, -0.25) is 0 Å². The van der Waals surface area contributed by atoms with Crippen molar-refractivity contribution in [3.63, 3.8) is 0 Å². The van der Waals surface area contributed by atoms with Gasteiger partial charge in [-0.05, 0) is 24.6 Å². The molecule has 0 bridgehead atoms. The third-order valence-corrected chi connectivity index (χ3v) is 3.66. The highest BCUT2D eigenvalue weighted by Crippen LogP contribution is 2.31. The lowest BCUT2D eigenvalue weighted by Gasteiger charge is -2.07. The lowest BCUT2D eigenvalue weighted by Crippen LogP contribution is -2.18. The van der Waals surface area contributed by atoms with E-state index in [1.807, 2.05) is 7.05 Å². The maximum absolute atomic E-state index is 14.1. The first-order chi connectivity index (χ1) is 8.63. The van der Waals surface area contributed by atoms with Crippen molar-refractivity contribution in [3.05, 3.63) is 28.9 Å². The van der Waals surface area contributed by atoms with E-state index in [0.29, 0.717) is 22.3 Å². The van der Waals surface area contributed by atoms with E-state index < -0.39 is 5.97 Å². The van der Waals surface area contributed by atoms with Gasteiger partial charge in [0.25, 0.3) is 0 Å². The van der Waals surface area contributed by atoms with Crippen LogP contribution in [0.2, 0.25) is 0 Å². The van der Waals surface area contributed by atoms with Crippen LogP contribution in [-0.2, 0) is 0 Å². The number of aromatic carboxylic acids is 1. The van der Waals surface area contributed by atoms with Gasteiger partial charge in [0.05, 0.1) is 10.4 Å². The first-order valence-corrected chi connectivity index (χ1v) is 6.29. The van der Waals surface area contributed by atoms with Crippen LogP contribution in [0, 0.1) is 5.82 Å². The summed E-state index contributed by atoms with van der Waals surface area (Å²) < 4.78 is 14.5. The summed E-state index contributed by atoms with van der Waals surface area (Å²) in [6, 6.07) is 4.84. The Morgan fingerprint density at radius 2 is 2.22 bits per heavy atom. The minimum Gasteiger partial charge on any atom is -0.477 e. The number of halogens is 1. The molecule has 2 aromatic rings. The topological polar surface area (TPSA) is 61.4 Å². The predicted octanol–water partition coefficient (Wildman–Crippen LogP) is 2.37. The van der Waals surface area contributed by atoms with E-state index >= 15 is 0 Å². The summed E-state index contributed by atoms with van der Waals surface area (Å²) >= 11 is 0.955. The average Bonchev–Trinajstić information content (AvgIpc) is 2.77. The van der Waals surface area contributed by atoms with E-state index in [0.717, 1.165) is 17.9 Å². The smallest absolute Gasteiger partial charge is 0.345 e. The van der Waals surface area contributed by atoms with Gasteiger partial charge >= 0.3 is 5.97 Å². The third kappa shape index (κ3) is 2.44. The third-order valence-electron chi connectivity index (χ3n) is 2.53. The zero-order valence-electron chi connectivity index (χ0n) is 9.79. The lowest BCUT2D eigenvalue weighted by atomic mass is 10.2. The Morgan fingerprint density at radius 3 is 2.89 bits per heavy atom. The van der Waals surface area contributed by atoms with Crippen molar-refractivity contribution < 1.29 is 14.3 Å². The maximum atomic E-state index is 14.1. The molecule has 18 heavy (non-hydrogen) atoms. The Labute approximate surface area is 107 Å². The summed E-state index contributed by atoms with van der Waals surface area (Å²) in [6.07, 6.45) is 0. The molecule has 0 spiro atoms. The van der Waals surface area contributed by atoms with Crippen LogP contribution in [-0.4, -0.2) is 31.2 Å². The van der Waals surface area contributed by atoms with Gasteiger partial charge in [-0.2, -0.15) is 0 Å². The second kappa shape index (κ2) is 5.32. The number of likely N-dealkylation sites (N-methyl/N-ethyl adjacent to an activating group) is 1. The van der Waals surface area contributed by atoms with Gasteiger partial charge < -0.3 is 15.7 Å². The molecule has 0 fully saturated rings. The molecule has 1 aromatic heterocycles. The fraction of sp³-hybridized carbons (Fsp3) is 0.250. The van der Waals surface area contributed by atoms with Crippen LogP contribution in [0.1, 0.15) is 9.67 Å². The number of anilines is 1. The molecule has 0 amide bonds. The number of carboxylic acid groups (broad SMARTS) is 1. The molecule has 0 atom stereocenters. The number of rotatable bonds is 5. The first kappa shape index (κ1) is 12.8. The minimum absolute atomic E-state index is 0.149. The standard InChI is InChI=1S/C12H13FN2O2S/c1-14-4-5-15-8-3-2-7-6-9(12(16)17)18-11(7)10(8)13/h2-3,6,14-15H,4-5H2,1H3,(H,16,17). The molecule has 0 aliphatic heterocycles. The Morgan fingerprint density at radius 1 is 1.44 bits per heavy atom. The van der Waals surface area contributed by atoms with Crippen molar-refractivity contribution in [2.24, 2.45) is 0 Å². The molecule has 0 aliphatic carbocycles. The summed E-state index contributed by atoms with van der Waals surface area (Å²) in [7, 11) is 1.82. The SMILES string of the molecule is CNCCNc1ccc2cc(C(=O)O)sc2c1F. The number of fused-ring (bicyclic) bond motifs is 1. The molecule has 1 heterocycles. The summed E-state index contributed by atoms with van der Waals surface area (Å²) in [5.41, 5.74) is 0.400. The zero-order chi connectivity index (χ0) is 13.1. The van der Waals surface area contributed by atoms with Crippen molar-refractivity contribution in [1.29, 1.82) is 0 Å². The lowest BCUT2D eigenvalue weighted by molar-refractivity contribution is 0.0702. The van der Waals surface area contributed by atoms with Crippen LogP contribution in [0.25, 0.3) is 10.1 Å². The number of benzene rings is 1. The molecule has 96 valence electrons. The highest BCUT2D eigenvalue weighted by molar-refractivity contribution is 7.20. The van der Waals surface area contributed by atoms with Gasteiger partial charge in [0.1, 0.15) is 4.88 Å². The van der Waals surface area contributed by atoms with Gasteiger partial charge in [0.2, 0.25) is 0 Å². The van der Waals surface area contributed by atoms with Crippen LogP contribution in [0.15, 0.2) is 18.2 Å². The van der Waals surface area contributed by atoms with Crippen molar-refractivity contribution in [3.8, 4) is 0 Å². The molecule has 0 saturated carbocycles. The van der Waals surface area contributed by atoms with E-state index in [1.165, 1.54) is 6.07 Å². The monoisotopic (exact) mass is 268 g/mol. The highest BCUT2D eigenvalue weighted by atomic mass is 32.1. The molecule has 2 rings (SSSR count).